The number of rotatable bonds is 2. The Morgan fingerprint density at radius 3 is 1.73 bits per heavy atom. The first kappa shape index (κ1) is 9.97. The summed E-state index contributed by atoms with van der Waals surface area (Å²) in [6, 6.07) is 17.0. The predicted molar refractivity (Wildman–Crippen MR) is 65.7 cm³/mol. The van der Waals surface area contributed by atoms with Crippen molar-refractivity contribution in [3.05, 3.63) is 66.6 Å². The zero-order valence-electron chi connectivity index (χ0n) is 9.03. The van der Waals surface area contributed by atoms with E-state index in [9.17, 15) is 0 Å². The van der Waals surface area contributed by atoms with Crippen LogP contribution in [-0.2, 0) is 6.42 Å². The summed E-state index contributed by atoms with van der Waals surface area (Å²) in [5, 5.41) is 0. The minimum atomic E-state index is 1.06. The molecule has 0 spiro atoms. The minimum absolute atomic E-state index is 1.06. The van der Waals surface area contributed by atoms with Gasteiger partial charge >= 0.3 is 0 Å². The molecule has 2 rings (SSSR count). The molecule has 0 heterocycles. The van der Waals surface area contributed by atoms with Gasteiger partial charge in [0, 0.05) is 0 Å². The van der Waals surface area contributed by atoms with Gasteiger partial charge < -0.3 is 0 Å². The standard InChI is InChI=1S/C15H15/c1-3-13-6-10-15(11-7-13)14-8-4-12(2)5-9-14/h4-11H,2-3H2,1H3. The number of aryl methyl sites for hydroxylation is 1. The third kappa shape index (κ3) is 2.27. The van der Waals surface area contributed by atoms with Crippen molar-refractivity contribution >= 4 is 0 Å². The molecule has 0 saturated carbocycles. The summed E-state index contributed by atoms with van der Waals surface area (Å²) in [6.07, 6.45) is 1.10. The van der Waals surface area contributed by atoms with Crippen LogP contribution in [0.1, 0.15) is 18.1 Å². The summed E-state index contributed by atoms with van der Waals surface area (Å²) in [5.74, 6) is 0. The smallest absolute Gasteiger partial charge is 0.0184 e. The Labute approximate surface area is 91.6 Å². The normalized spacial score (nSPS) is 10.3. The van der Waals surface area contributed by atoms with Gasteiger partial charge in [0.15, 0.2) is 0 Å². The zero-order chi connectivity index (χ0) is 10.7. The lowest BCUT2D eigenvalue weighted by atomic mass is 10.0. The van der Waals surface area contributed by atoms with Crippen LogP contribution < -0.4 is 0 Å². The van der Waals surface area contributed by atoms with Crippen molar-refractivity contribution in [2.45, 2.75) is 13.3 Å². The van der Waals surface area contributed by atoms with Crippen molar-refractivity contribution < 1.29 is 0 Å². The molecular formula is C15H15. The maximum Gasteiger partial charge on any atom is -0.0184 e. The van der Waals surface area contributed by atoms with Crippen molar-refractivity contribution in [2.75, 3.05) is 0 Å². The predicted octanol–water partition coefficient (Wildman–Crippen LogP) is 4.10. The molecule has 0 atom stereocenters. The third-order valence-corrected chi connectivity index (χ3v) is 2.65. The summed E-state index contributed by atoms with van der Waals surface area (Å²) in [6.45, 7) is 6.06. The van der Waals surface area contributed by atoms with E-state index in [0.29, 0.717) is 0 Å². The van der Waals surface area contributed by atoms with Crippen LogP contribution in [0.5, 0.6) is 0 Å². The van der Waals surface area contributed by atoms with Crippen LogP contribution in [-0.4, -0.2) is 0 Å². The fourth-order valence-electron chi connectivity index (χ4n) is 1.63. The third-order valence-electron chi connectivity index (χ3n) is 2.65. The van der Waals surface area contributed by atoms with Crippen LogP contribution >= 0.6 is 0 Å². The maximum atomic E-state index is 3.88. The Balaban J connectivity index is 2.33. The first-order valence-corrected chi connectivity index (χ1v) is 5.31. The second-order valence-electron chi connectivity index (χ2n) is 3.75. The topological polar surface area (TPSA) is 0 Å². The van der Waals surface area contributed by atoms with Gasteiger partial charge in [-0.2, -0.15) is 0 Å². The van der Waals surface area contributed by atoms with Crippen LogP contribution in [0.15, 0.2) is 48.5 Å². The van der Waals surface area contributed by atoms with E-state index in [0.717, 1.165) is 12.0 Å². The van der Waals surface area contributed by atoms with Gasteiger partial charge in [-0.05, 0) is 35.6 Å². The molecule has 0 fully saturated rings. The SMILES string of the molecule is [CH2]c1ccc(-c2ccc(CC)cc2)cc1. The molecule has 0 N–H and O–H groups in total. The van der Waals surface area contributed by atoms with Gasteiger partial charge in [0.05, 0.1) is 0 Å². The Bertz CT molecular complexity index is 421. The molecule has 0 heteroatoms. The number of hydrogen-bond donors (Lipinski definition) is 0. The lowest BCUT2D eigenvalue weighted by molar-refractivity contribution is 1.14. The summed E-state index contributed by atoms with van der Waals surface area (Å²) in [5.41, 5.74) is 4.97. The molecule has 0 aliphatic rings. The molecule has 0 bridgehead atoms. The van der Waals surface area contributed by atoms with Crippen molar-refractivity contribution in [1.29, 1.82) is 0 Å². The highest BCUT2D eigenvalue weighted by Gasteiger charge is 1.96. The van der Waals surface area contributed by atoms with E-state index in [4.69, 9.17) is 0 Å². The largest absolute Gasteiger partial charge is 0.0613 e. The van der Waals surface area contributed by atoms with Gasteiger partial charge in [-0.1, -0.05) is 55.5 Å². The van der Waals surface area contributed by atoms with Crippen LogP contribution in [0.3, 0.4) is 0 Å². The fourth-order valence-corrected chi connectivity index (χ4v) is 1.63. The molecule has 0 aliphatic carbocycles. The molecule has 1 radical (unpaired) electrons. The second kappa shape index (κ2) is 4.31. The lowest BCUT2D eigenvalue weighted by Crippen LogP contribution is -1.81. The van der Waals surface area contributed by atoms with Gasteiger partial charge in [0.2, 0.25) is 0 Å². The highest BCUT2D eigenvalue weighted by atomic mass is 14.0. The van der Waals surface area contributed by atoms with E-state index >= 15 is 0 Å². The van der Waals surface area contributed by atoms with Crippen molar-refractivity contribution in [3.8, 4) is 11.1 Å². The Morgan fingerprint density at radius 1 is 0.800 bits per heavy atom. The van der Waals surface area contributed by atoms with E-state index < -0.39 is 0 Å². The van der Waals surface area contributed by atoms with Crippen LogP contribution in [0.4, 0.5) is 0 Å². The average molecular weight is 195 g/mol. The summed E-state index contributed by atoms with van der Waals surface area (Å²) < 4.78 is 0. The van der Waals surface area contributed by atoms with Gasteiger partial charge in [0.25, 0.3) is 0 Å². The van der Waals surface area contributed by atoms with Crippen LogP contribution in [0.2, 0.25) is 0 Å². The van der Waals surface area contributed by atoms with E-state index in [1.54, 1.807) is 0 Å². The molecule has 0 aliphatic heterocycles. The van der Waals surface area contributed by atoms with E-state index in [1.165, 1.54) is 16.7 Å². The summed E-state index contributed by atoms with van der Waals surface area (Å²) in [7, 11) is 0. The number of benzene rings is 2. The minimum Gasteiger partial charge on any atom is -0.0613 e. The van der Waals surface area contributed by atoms with Crippen molar-refractivity contribution in [2.24, 2.45) is 0 Å². The van der Waals surface area contributed by atoms with Gasteiger partial charge in [-0.15, -0.1) is 0 Å². The first-order valence-electron chi connectivity index (χ1n) is 5.31. The lowest BCUT2D eigenvalue weighted by Gasteiger charge is -2.03. The molecule has 75 valence electrons. The van der Waals surface area contributed by atoms with Crippen LogP contribution in [0.25, 0.3) is 11.1 Å². The van der Waals surface area contributed by atoms with E-state index in [1.807, 2.05) is 12.1 Å². The molecule has 0 amide bonds. The van der Waals surface area contributed by atoms with Gasteiger partial charge in [-0.25, -0.2) is 0 Å². The monoisotopic (exact) mass is 195 g/mol. The van der Waals surface area contributed by atoms with E-state index in [-0.39, 0.29) is 0 Å². The molecule has 0 unspecified atom stereocenters. The van der Waals surface area contributed by atoms with Crippen molar-refractivity contribution in [3.63, 3.8) is 0 Å². The first-order chi connectivity index (χ1) is 7.29. The Hall–Kier alpha value is -1.56. The average Bonchev–Trinajstić information content (AvgIpc) is 2.30. The quantitative estimate of drug-likeness (QED) is 0.676. The molecule has 0 aromatic heterocycles. The van der Waals surface area contributed by atoms with Gasteiger partial charge in [0.1, 0.15) is 0 Å². The molecule has 2 aromatic rings. The highest BCUT2D eigenvalue weighted by molar-refractivity contribution is 5.64. The Morgan fingerprint density at radius 2 is 1.27 bits per heavy atom. The molecule has 0 nitrogen and oxygen atoms in total. The number of hydrogen-bond acceptors (Lipinski definition) is 0. The fraction of sp³-hybridized carbons (Fsp3) is 0.133. The van der Waals surface area contributed by atoms with Crippen molar-refractivity contribution in [1.82, 2.24) is 0 Å². The van der Waals surface area contributed by atoms with Gasteiger partial charge in [-0.3, -0.25) is 0 Å². The molecule has 2 aromatic carbocycles. The van der Waals surface area contributed by atoms with Crippen LogP contribution in [0, 0.1) is 6.92 Å². The maximum absolute atomic E-state index is 3.88. The zero-order valence-corrected chi connectivity index (χ0v) is 9.03. The second-order valence-corrected chi connectivity index (χ2v) is 3.75. The summed E-state index contributed by atoms with van der Waals surface area (Å²) >= 11 is 0. The molecular weight excluding hydrogens is 180 g/mol. The molecule has 15 heavy (non-hydrogen) atoms. The molecule has 0 saturated heterocycles. The summed E-state index contributed by atoms with van der Waals surface area (Å²) in [4.78, 5) is 0. The Kier molecular flexibility index (Phi) is 2.86. The highest BCUT2D eigenvalue weighted by Crippen LogP contribution is 2.20. The van der Waals surface area contributed by atoms with E-state index in [2.05, 4.69) is 50.2 Å².